The third-order valence-electron chi connectivity index (χ3n) is 7.72. The lowest BCUT2D eigenvalue weighted by Gasteiger charge is -2.27. The van der Waals surface area contributed by atoms with Crippen molar-refractivity contribution in [2.45, 2.75) is 50.9 Å². The first-order chi connectivity index (χ1) is 21.5. The van der Waals surface area contributed by atoms with Crippen LogP contribution in [0, 0.1) is 6.92 Å². The third kappa shape index (κ3) is 6.80. The first-order valence-electron chi connectivity index (χ1n) is 14.3. The summed E-state index contributed by atoms with van der Waals surface area (Å²) in [5, 5.41) is 1.62. The quantitative estimate of drug-likeness (QED) is 0.150. The molecule has 1 aliphatic heterocycles. The Balaban J connectivity index is 1.49. The Bertz CT molecular complexity index is 1690. The van der Waals surface area contributed by atoms with Gasteiger partial charge in [-0.15, -0.1) is 17.9 Å². The van der Waals surface area contributed by atoms with E-state index >= 15 is 0 Å². The van der Waals surface area contributed by atoms with E-state index in [1.807, 2.05) is 6.08 Å². The maximum absolute atomic E-state index is 13.7. The molecule has 1 aliphatic rings. The zero-order valence-corrected chi connectivity index (χ0v) is 25.9. The summed E-state index contributed by atoms with van der Waals surface area (Å²) in [5.41, 5.74) is 0.338. The highest BCUT2D eigenvalue weighted by Crippen LogP contribution is 2.39. The monoisotopic (exact) mass is 642 g/mol. The van der Waals surface area contributed by atoms with Gasteiger partial charge < -0.3 is 19.3 Å². The van der Waals surface area contributed by atoms with Gasteiger partial charge >= 0.3 is 12.2 Å². The van der Waals surface area contributed by atoms with Crippen molar-refractivity contribution in [1.82, 2.24) is 29.3 Å². The summed E-state index contributed by atoms with van der Waals surface area (Å²) in [5.74, 6) is 0.680. The van der Waals surface area contributed by atoms with Crippen LogP contribution in [0.3, 0.4) is 0 Å². The molecule has 5 rings (SSSR count). The molecule has 2 unspecified atom stereocenters. The fourth-order valence-electron chi connectivity index (χ4n) is 5.36. The van der Waals surface area contributed by atoms with Gasteiger partial charge in [0.25, 0.3) is 0 Å². The summed E-state index contributed by atoms with van der Waals surface area (Å²) in [4.78, 5) is 42.6. The first-order valence-corrected chi connectivity index (χ1v) is 15.2. The fraction of sp³-hybridized carbons (Fsp3) is 0.387. The SMILES string of the molecule is C=CCCCCN(C)C(=O)C1CC(Oc2cc(-c3nc(C(F)(F)F)cs3)nc3c(C)c(OC)ccc23)CN1C(=O)n1ccnc1. The number of thiazole rings is 1. The minimum Gasteiger partial charge on any atom is -0.496 e. The van der Waals surface area contributed by atoms with E-state index in [4.69, 9.17) is 9.47 Å². The van der Waals surface area contributed by atoms with Gasteiger partial charge in [0, 0.05) is 54.8 Å². The summed E-state index contributed by atoms with van der Waals surface area (Å²) in [6, 6.07) is 3.86. The normalized spacial score (nSPS) is 16.6. The molecule has 0 spiro atoms. The number of rotatable bonds is 10. The van der Waals surface area contributed by atoms with E-state index in [0.29, 0.717) is 34.5 Å². The Morgan fingerprint density at radius 2 is 2.02 bits per heavy atom. The number of imidazole rings is 1. The van der Waals surface area contributed by atoms with Crippen molar-refractivity contribution < 1.29 is 32.2 Å². The minimum atomic E-state index is -4.60. The number of hydrogen-bond donors (Lipinski definition) is 0. The average Bonchev–Trinajstić information content (AvgIpc) is 3.80. The van der Waals surface area contributed by atoms with Crippen molar-refractivity contribution in [2.75, 3.05) is 27.2 Å². The van der Waals surface area contributed by atoms with E-state index in [1.165, 1.54) is 35.3 Å². The van der Waals surface area contributed by atoms with Crippen LogP contribution in [-0.4, -0.2) is 80.6 Å². The molecule has 4 heterocycles. The maximum Gasteiger partial charge on any atom is 0.434 e. The number of alkyl halides is 3. The number of benzene rings is 1. The number of aryl methyl sites for hydroxylation is 1. The lowest BCUT2D eigenvalue weighted by Crippen LogP contribution is -2.47. The number of amides is 2. The Hall–Kier alpha value is -4.46. The number of likely N-dealkylation sites (N-methyl/N-ethyl adjacent to an activating group) is 1. The van der Waals surface area contributed by atoms with Crippen molar-refractivity contribution in [3.63, 3.8) is 0 Å². The number of nitrogens with zero attached hydrogens (tertiary/aromatic N) is 6. The summed E-state index contributed by atoms with van der Waals surface area (Å²) in [6.45, 7) is 6.15. The molecule has 0 saturated carbocycles. The van der Waals surface area contributed by atoms with Crippen LogP contribution in [0.5, 0.6) is 11.5 Å². The molecule has 10 nitrogen and oxygen atoms in total. The Morgan fingerprint density at radius 1 is 1.22 bits per heavy atom. The van der Waals surface area contributed by atoms with Gasteiger partial charge in [0.1, 0.15) is 40.7 Å². The van der Waals surface area contributed by atoms with E-state index in [-0.39, 0.29) is 29.6 Å². The molecule has 1 fully saturated rings. The number of allylic oxidation sites excluding steroid dienone is 1. The molecule has 14 heteroatoms. The molecule has 4 aromatic rings. The predicted molar refractivity (Wildman–Crippen MR) is 163 cm³/mol. The van der Waals surface area contributed by atoms with Crippen LogP contribution >= 0.6 is 11.3 Å². The smallest absolute Gasteiger partial charge is 0.434 e. The van der Waals surface area contributed by atoms with E-state index in [0.717, 1.165) is 36.0 Å². The number of carbonyl (C=O) groups excluding carboxylic acids is 2. The molecular weight excluding hydrogens is 609 g/mol. The molecule has 2 atom stereocenters. The van der Waals surface area contributed by atoms with Crippen LogP contribution in [0.15, 0.2) is 55.0 Å². The second kappa shape index (κ2) is 13.3. The van der Waals surface area contributed by atoms with Gasteiger partial charge in [-0.25, -0.2) is 19.7 Å². The zero-order chi connectivity index (χ0) is 32.3. The van der Waals surface area contributed by atoms with Gasteiger partial charge in [-0.1, -0.05) is 6.08 Å². The molecular formula is C31H33F3N6O4S. The van der Waals surface area contributed by atoms with Gasteiger partial charge in [-0.2, -0.15) is 13.2 Å². The number of fused-ring (bicyclic) bond motifs is 1. The van der Waals surface area contributed by atoms with Crippen molar-refractivity contribution >= 4 is 34.2 Å². The zero-order valence-electron chi connectivity index (χ0n) is 25.1. The molecule has 0 aliphatic carbocycles. The van der Waals surface area contributed by atoms with Crippen LogP contribution in [0.4, 0.5) is 18.0 Å². The number of methoxy groups -OCH3 is 1. The Kier molecular flexibility index (Phi) is 9.42. The van der Waals surface area contributed by atoms with Crippen LogP contribution in [-0.2, 0) is 11.0 Å². The number of unbranched alkanes of at least 4 members (excludes halogenated alkanes) is 2. The summed E-state index contributed by atoms with van der Waals surface area (Å²) in [7, 11) is 3.23. The molecule has 238 valence electrons. The van der Waals surface area contributed by atoms with E-state index in [1.54, 1.807) is 37.1 Å². The highest BCUT2D eigenvalue weighted by molar-refractivity contribution is 7.13. The molecule has 2 amide bonds. The second-order valence-corrected chi connectivity index (χ2v) is 11.6. The van der Waals surface area contributed by atoms with Crippen molar-refractivity contribution in [2.24, 2.45) is 0 Å². The number of ether oxygens (including phenoxy) is 2. The largest absolute Gasteiger partial charge is 0.496 e. The molecule has 3 aromatic heterocycles. The molecule has 45 heavy (non-hydrogen) atoms. The van der Waals surface area contributed by atoms with Crippen LogP contribution < -0.4 is 9.47 Å². The third-order valence-corrected chi connectivity index (χ3v) is 8.59. The number of halogens is 3. The van der Waals surface area contributed by atoms with E-state index in [2.05, 4.69) is 21.5 Å². The van der Waals surface area contributed by atoms with Gasteiger partial charge in [-0.05, 0) is 38.3 Å². The topological polar surface area (TPSA) is 103 Å². The van der Waals surface area contributed by atoms with E-state index in [9.17, 15) is 22.8 Å². The van der Waals surface area contributed by atoms with Crippen molar-refractivity contribution in [3.8, 4) is 22.2 Å². The lowest BCUT2D eigenvalue weighted by atomic mass is 10.1. The minimum absolute atomic E-state index is 0.0748. The fourth-order valence-corrected chi connectivity index (χ4v) is 6.15. The molecule has 1 aromatic carbocycles. The molecule has 0 N–H and O–H groups in total. The van der Waals surface area contributed by atoms with Gasteiger partial charge in [0.15, 0.2) is 5.69 Å². The number of pyridine rings is 1. The summed E-state index contributed by atoms with van der Waals surface area (Å²) in [6.07, 6.45) is 3.73. The van der Waals surface area contributed by atoms with Gasteiger partial charge in [0.05, 0.1) is 19.2 Å². The number of likely N-dealkylation sites (tertiary alicyclic amines) is 1. The maximum atomic E-state index is 13.7. The first kappa shape index (κ1) is 31.9. The highest BCUT2D eigenvalue weighted by atomic mass is 32.1. The lowest BCUT2D eigenvalue weighted by molar-refractivity contribution is -0.140. The number of carbonyl (C=O) groups is 2. The summed E-state index contributed by atoms with van der Waals surface area (Å²) < 4.78 is 53.3. The summed E-state index contributed by atoms with van der Waals surface area (Å²) >= 11 is 0.827. The van der Waals surface area contributed by atoms with Crippen LogP contribution in [0.25, 0.3) is 21.6 Å². The standard InChI is InChI=1S/C31H33F3N6O4S/c1-5-6-7-8-12-38(3)29(41)23-14-20(16-40(23)30(42)39-13-11-35-18-39)44-25-15-22(28-37-26(17-45-28)31(32,33)34)36-27-19(2)24(43-4)10-9-21(25)27/h5,9-11,13,15,17-18,20,23H,1,6-8,12,14,16H2,2-4H3. The molecule has 0 bridgehead atoms. The number of aromatic nitrogens is 4. The van der Waals surface area contributed by atoms with Crippen LogP contribution in [0.2, 0.25) is 0 Å². The Morgan fingerprint density at radius 3 is 2.69 bits per heavy atom. The van der Waals surface area contributed by atoms with Gasteiger partial charge in [-0.3, -0.25) is 9.36 Å². The average molecular weight is 643 g/mol. The molecule has 1 saturated heterocycles. The van der Waals surface area contributed by atoms with Crippen molar-refractivity contribution in [1.29, 1.82) is 0 Å². The highest BCUT2D eigenvalue weighted by Gasteiger charge is 2.42. The number of hydrogen-bond acceptors (Lipinski definition) is 8. The molecule has 0 radical (unpaired) electrons. The van der Waals surface area contributed by atoms with Crippen LogP contribution in [0.1, 0.15) is 36.9 Å². The van der Waals surface area contributed by atoms with E-state index < -0.39 is 30.0 Å². The second-order valence-electron chi connectivity index (χ2n) is 10.8. The predicted octanol–water partition coefficient (Wildman–Crippen LogP) is 6.20. The van der Waals surface area contributed by atoms with Gasteiger partial charge in [0.2, 0.25) is 5.91 Å². The van der Waals surface area contributed by atoms with Crippen molar-refractivity contribution in [3.05, 3.63) is 66.2 Å². The Labute approximate surface area is 262 Å².